The van der Waals surface area contributed by atoms with Crippen LogP contribution in [0.25, 0.3) is 5.65 Å². The molecule has 0 aromatic carbocycles. The van der Waals surface area contributed by atoms with Crippen LogP contribution in [-0.4, -0.2) is 33.6 Å². The van der Waals surface area contributed by atoms with Gasteiger partial charge in [0, 0.05) is 25.4 Å². The summed E-state index contributed by atoms with van der Waals surface area (Å²) in [4.78, 5) is 8.46. The number of nitrogens with zero attached hydrogens (tertiary/aromatic N) is 3. The second-order valence-electron chi connectivity index (χ2n) is 4.13. The molecule has 0 spiro atoms. The van der Waals surface area contributed by atoms with E-state index in [1.165, 1.54) is 0 Å². The van der Waals surface area contributed by atoms with Crippen molar-refractivity contribution in [3.05, 3.63) is 28.9 Å². The van der Waals surface area contributed by atoms with E-state index in [1.807, 2.05) is 23.7 Å². The molecule has 2 aromatic rings. The van der Waals surface area contributed by atoms with E-state index in [-0.39, 0.29) is 0 Å². The minimum Gasteiger partial charge on any atom is -0.380 e. The zero-order chi connectivity index (χ0) is 13.0. The zero-order valence-electron chi connectivity index (χ0n) is 10.6. The first-order valence-electron chi connectivity index (χ1n) is 5.99. The molecule has 0 saturated carbocycles. The Morgan fingerprint density at radius 3 is 3.06 bits per heavy atom. The molecule has 6 heteroatoms. The molecular weight excluding hydrogens is 296 g/mol. The van der Waals surface area contributed by atoms with Crippen molar-refractivity contribution in [3.63, 3.8) is 0 Å². The third kappa shape index (κ3) is 3.28. The molecule has 0 amide bonds. The van der Waals surface area contributed by atoms with Crippen LogP contribution in [0.15, 0.2) is 23.2 Å². The van der Waals surface area contributed by atoms with Crippen LogP contribution in [-0.2, 0) is 11.3 Å². The highest BCUT2D eigenvalue weighted by molar-refractivity contribution is 9.10. The Labute approximate surface area is 115 Å². The SMILES string of the molecule is CCOCC(C)NCc1cnc2cnc(Br)cn12. The fourth-order valence-corrected chi connectivity index (χ4v) is 1.99. The Balaban J connectivity index is 2.01. The van der Waals surface area contributed by atoms with Crippen LogP contribution >= 0.6 is 15.9 Å². The quantitative estimate of drug-likeness (QED) is 0.886. The molecule has 0 aliphatic rings. The lowest BCUT2D eigenvalue weighted by Crippen LogP contribution is -2.30. The van der Waals surface area contributed by atoms with Gasteiger partial charge in [0.1, 0.15) is 4.60 Å². The van der Waals surface area contributed by atoms with Crippen LogP contribution < -0.4 is 5.32 Å². The first-order valence-corrected chi connectivity index (χ1v) is 6.78. The third-order valence-electron chi connectivity index (χ3n) is 2.64. The van der Waals surface area contributed by atoms with Crippen LogP contribution in [0.4, 0.5) is 0 Å². The van der Waals surface area contributed by atoms with Gasteiger partial charge in [-0.25, -0.2) is 9.97 Å². The van der Waals surface area contributed by atoms with Crippen molar-refractivity contribution < 1.29 is 4.74 Å². The van der Waals surface area contributed by atoms with Crippen molar-refractivity contribution in [3.8, 4) is 0 Å². The van der Waals surface area contributed by atoms with Crippen LogP contribution in [0, 0.1) is 0 Å². The van der Waals surface area contributed by atoms with Gasteiger partial charge in [0.2, 0.25) is 0 Å². The standard InChI is InChI=1S/C12H17BrN4O/c1-3-18-8-9(2)14-4-10-5-16-12-6-15-11(13)7-17(10)12/h5-7,9,14H,3-4,8H2,1-2H3. The fourth-order valence-electron chi connectivity index (χ4n) is 1.68. The molecule has 0 radical (unpaired) electrons. The number of rotatable bonds is 6. The van der Waals surface area contributed by atoms with Gasteiger partial charge in [0.15, 0.2) is 5.65 Å². The molecule has 18 heavy (non-hydrogen) atoms. The van der Waals surface area contributed by atoms with Gasteiger partial charge in [-0.15, -0.1) is 0 Å². The zero-order valence-corrected chi connectivity index (χ0v) is 12.1. The predicted octanol–water partition coefficient (Wildman–Crippen LogP) is 2.01. The number of fused-ring (bicyclic) bond motifs is 1. The number of halogens is 1. The number of imidazole rings is 1. The fraction of sp³-hybridized carbons (Fsp3) is 0.500. The second-order valence-corrected chi connectivity index (χ2v) is 4.94. The van der Waals surface area contributed by atoms with E-state index < -0.39 is 0 Å². The Kier molecular flexibility index (Phi) is 4.68. The maximum absolute atomic E-state index is 5.37. The van der Waals surface area contributed by atoms with Gasteiger partial charge in [0.05, 0.1) is 24.7 Å². The highest BCUT2D eigenvalue weighted by Crippen LogP contribution is 2.10. The Morgan fingerprint density at radius 2 is 2.28 bits per heavy atom. The van der Waals surface area contributed by atoms with E-state index in [9.17, 15) is 0 Å². The highest BCUT2D eigenvalue weighted by atomic mass is 79.9. The van der Waals surface area contributed by atoms with Crippen LogP contribution in [0.2, 0.25) is 0 Å². The first kappa shape index (κ1) is 13.5. The van der Waals surface area contributed by atoms with E-state index >= 15 is 0 Å². The summed E-state index contributed by atoms with van der Waals surface area (Å²) in [7, 11) is 0. The summed E-state index contributed by atoms with van der Waals surface area (Å²) in [5.41, 5.74) is 1.96. The van der Waals surface area contributed by atoms with E-state index in [1.54, 1.807) is 6.20 Å². The summed E-state index contributed by atoms with van der Waals surface area (Å²) in [5, 5.41) is 3.41. The average Bonchev–Trinajstić information content (AvgIpc) is 2.76. The van der Waals surface area contributed by atoms with Crippen LogP contribution in [0.1, 0.15) is 19.5 Å². The molecule has 1 atom stereocenters. The summed E-state index contributed by atoms with van der Waals surface area (Å²) in [6.45, 7) is 6.34. The van der Waals surface area contributed by atoms with E-state index in [4.69, 9.17) is 4.74 Å². The van der Waals surface area contributed by atoms with Gasteiger partial charge >= 0.3 is 0 Å². The minimum atomic E-state index is 0.320. The predicted molar refractivity (Wildman–Crippen MR) is 73.5 cm³/mol. The molecule has 2 heterocycles. The maximum Gasteiger partial charge on any atom is 0.155 e. The highest BCUT2D eigenvalue weighted by Gasteiger charge is 2.06. The third-order valence-corrected chi connectivity index (χ3v) is 3.05. The molecule has 1 N–H and O–H groups in total. The summed E-state index contributed by atoms with van der Waals surface area (Å²) in [6.07, 6.45) is 5.54. The summed E-state index contributed by atoms with van der Waals surface area (Å²) in [5.74, 6) is 0. The average molecular weight is 313 g/mol. The molecule has 98 valence electrons. The molecule has 0 aliphatic heterocycles. The van der Waals surface area contributed by atoms with E-state index in [2.05, 4.69) is 38.1 Å². The molecule has 0 fully saturated rings. The molecule has 2 aromatic heterocycles. The van der Waals surface area contributed by atoms with Gasteiger partial charge < -0.3 is 10.1 Å². The van der Waals surface area contributed by atoms with Gasteiger partial charge in [-0.1, -0.05) is 0 Å². The largest absolute Gasteiger partial charge is 0.380 e. The molecule has 2 rings (SSSR count). The number of ether oxygens (including phenoxy) is 1. The summed E-state index contributed by atoms with van der Waals surface area (Å²) >= 11 is 3.37. The van der Waals surface area contributed by atoms with Crippen molar-refractivity contribution in [2.75, 3.05) is 13.2 Å². The monoisotopic (exact) mass is 312 g/mol. The Morgan fingerprint density at radius 1 is 1.44 bits per heavy atom. The summed E-state index contributed by atoms with van der Waals surface area (Å²) in [6, 6.07) is 0.320. The molecule has 5 nitrogen and oxygen atoms in total. The molecular formula is C12H17BrN4O. The van der Waals surface area contributed by atoms with Crippen molar-refractivity contribution in [2.45, 2.75) is 26.4 Å². The summed E-state index contributed by atoms with van der Waals surface area (Å²) < 4.78 is 8.20. The Hall–Kier alpha value is -0.980. The number of hydrogen-bond donors (Lipinski definition) is 1. The van der Waals surface area contributed by atoms with Crippen LogP contribution in [0.5, 0.6) is 0 Å². The van der Waals surface area contributed by atoms with Gasteiger partial charge in [-0.3, -0.25) is 4.40 Å². The number of nitrogens with one attached hydrogen (secondary N) is 1. The topological polar surface area (TPSA) is 51.5 Å². The molecule has 0 aliphatic carbocycles. The number of hydrogen-bond acceptors (Lipinski definition) is 4. The lowest BCUT2D eigenvalue weighted by atomic mass is 10.3. The van der Waals surface area contributed by atoms with E-state index in [0.717, 1.165) is 35.7 Å². The maximum atomic E-state index is 5.37. The van der Waals surface area contributed by atoms with E-state index in [0.29, 0.717) is 6.04 Å². The first-order chi connectivity index (χ1) is 8.70. The second kappa shape index (κ2) is 6.26. The number of aromatic nitrogens is 3. The Bertz CT molecular complexity index is 514. The molecule has 1 unspecified atom stereocenters. The van der Waals surface area contributed by atoms with Crippen LogP contribution in [0.3, 0.4) is 0 Å². The molecule has 0 bridgehead atoms. The van der Waals surface area contributed by atoms with Gasteiger partial charge in [-0.2, -0.15) is 0 Å². The van der Waals surface area contributed by atoms with Gasteiger partial charge in [0.25, 0.3) is 0 Å². The lowest BCUT2D eigenvalue weighted by molar-refractivity contribution is 0.127. The minimum absolute atomic E-state index is 0.320. The van der Waals surface area contributed by atoms with Gasteiger partial charge in [-0.05, 0) is 29.8 Å². The van der Waals surface area contributed by atoms with Crippen molar-refractivity contribution in [1.29, 1.82) is 0 Å². The van der Waals surface area contributed by atoms with Crippen molar-refractivity contribution >= 4 is 21.6 Å². The normalized spacial score (nSPS) is 13.1. The van der Waals surface area contributed by atoms with Crippen molar-refractivity contribution in [1.82, 2.24) is 19.7 Å². The van der Waals surface area contributed by atoms with Crippen molar-refractivity contribution in [2.24, 2.45) is 0 Å². The molecule has 0 saturated heterocycles. The smallest absolute Gasteiger partial charge is 0.155 e. The lowest BCUT2D eigenvalue weighted by Gasteiger charge is -2.13.